The van der Waals surface area contributed by atoms with Gasteiger partial charge in [-0.2, -0.15) is 0 Å². The Hall–Kier alpha value is -1.33. The first-order valence-electron chi connectivity index (χ1n) is 6.94. The number of furan rings is 1. The maximum atomic E-state index is 12.2. The second-order valence-electron chi connectivity index (χ2n) is 4.77. The Morgan fingerprint density at radius 3 is 2.79 bits per heavy atom. The normalized spacial score (nSPS) is 16.8. The Morgan fingerprint density at radius 2 is 2.21 bits per heavy atom. The number of likely N-dealkylation sites (tertiary alicyclic amines) is 1. The van der Waals surface area contributed by atoms with Crippen molar-refractivity contribution in [1.29, 1.82) is 0 Å². The van der Waals surface area contributed by atoms with Crippen LogP contribution in [-0.4, -0.2) is 43.2 Å². The summed E-state index contributed by atoms with van der Waals surface area (Å²) in [6.45, 7) is 4.59. The van der Waals surface area contributed by atoms with Gasteiger partial charge in [-0.15, -0.1) is 0 Å². The third kappa shape index (κ3) is 3.58. The van der Waals surface area contributed by atoms with E-state index >= 15 is 0 Å². The summed E-state index contributed by atoms with van der Waals surface area (Å²) in [7, 11) is 0. The quantitative estimate of drug-likeness (QED) is 0.875. The van der Waals surface area contributed by atoms with Gasteiger partial charge in [-0.05, 0) is 25.0 Å². The molecule has 1 fully saturated rings. The van der Waals surface area contributed by atoms with Gasteiger partial charge >= 0.3 is 0 Å². The molecule has 0 bridgehead atoms. The van der Waals surface area contributed by atoms with E-state index in [2.05, 4.69) is 0 Å². The number of carbonyl (C=O) groups is 1. The van der Waals surface area contributed by atoms with Crippen LogP contribution in [0.3, 0.4) is 0 Å². The van der Waals surface area contributed by atoms with Crippen LogP contribution in [0.5, 0.6) is 0 Å². The lowest BCUT2D eigenvalue weighted by molar-refractivity contribution is 0.0112. The number of ether oxygens (including phenoxy) is 1. The van der Waals surface area contributed by atoms with Crippen molar-refractivity contribution in [3.63, 3.8) is 0 Å². The van der Waals surface area contributed by atoms with Gasteiger partial charge < -0.3 is 19.8 Å². The van der Waals surface area contributed by atoms with Gasteiger partial charge in [0.1, 0.15) is 5.76 Å². The summed E-state index contributed by atoms with van der Waals surface area (Å²) >= 11 is 0. The molecule has 0 aliphatic carbocycles. The van der Waals surface area contributed by atoms with Crippen molar-refractivity contribution in [3.05, 3.63) is 23.7 Å². The van der Waals surface area contributed by atoms with Crippen LogP contribution in [0.15, 0.2) is 16.5 Å². The van der Waals surface area contributed by atoms with Gasteiger partial charge in [-0.25, -0.2) is 0 Å². The molecule has 0 spiro atoms. The second kappa shape index (κ2) is 6.73. The molecule has 5 nitrogen and oxygen atoms in total. The molecule has 0 radical (unpaired) electrons. The van der Waals surface area contributed by atoms with Crippen molar-refractivity contribution in [2.75, 3.05) is 26.2 Å². The monoisotopic (exact) mass is 266 g/mol. The first-order chi connectivity index (χ1) is 9.24. The molecule has 0 atom stereocenters. The van der Waals surface area contributed by atoms with Crippen molar-refractivity contribution >= 4 is 5.91 Å². The number of rotatable bonds is 5. The Kier molecular flexibility index (Phi) is 4.99. The highest BCUT2D eigenvalue weighted by molar-refractivity contribution is 5.91. The van der Waals surface area contributed by atoms with Gasteiger partial charge in [0.05, 0.1) is 12.7 Å². The van der Waals surface area contributed by atoms with E-state index in [-0.39, 0.29) is 12.0 Å². The van der Waals surface area contributed by atoms with Gasteiger partial charge in [0, 0.05) is 26.1 Å². The molecule has 2 heterocycles. The van der Waals surface area contributed by atoms with E-state index in [4.69, 9.17) is 14.9 Å². The fraction of sp³-hybridized carbons (Fsp3) is 0.643. The minimum absolute atomic E-state index is 0.0167. The Morgan fingerprint density at radius 1 is 1.47 bits per heavy atom. The molecule has 1 aromatic heterocycles. The largest absolute Gasteiger partial charge is 0.456 e. The summed E-state index contributed by atoms with van der Waals surface area (Å²) in [6, 6.07) is 3.63. The molecule has 2 N–H and O–H groups in total. The van der Waals surface area contributed by atoms with Crippen LogP contribution < -0.4 is 5.73 Å². The maximum absolute atomic E-state index is 12.2. The fourth-order valence-electron chi connectivity index (χ4n) is 2.30. The minimum Gasteiger partial charge on any atom is -0.456 e. The van der Waals surface area contributed by atoms with Crippen LogP contribution in [-0.2, 0) is 11.2 Å². The molecular formula is C14H22N2O3. The van der Waals surface area contributed by atoms with E-state index in [0.29, 0.717) is 18.9 Å². The van der Waals surface area contributed by atoms with E-state index in [9.17, 15) is 4.79 Å². The summed E-state index contributed by atoms with van der Waals surface area (Å²) in [5, 5.41) is 0. The Balaban J connectivity index is 1.85. The molecule has 1 aliphatic heterocycles. The summed E-state index contributed by atoms with van der Waals surface area (Å²) in [6.07, 6.45) is 2.78. The van der Waals surface area contributed by atoms with Crippen LogP contribution in [0.1, 0.15) is 36.1 Å². The number of hydrogen-bond donors (Lipinski definition) is 1. The van der Waals surface area contributed by atoms with E-state index in [1.807, 2.05) is 17.9 Å². The lowest BCUT2D eigenvalue weighted by atomic mass is 10.1. The zero-order valence-electron chi connectivity index (χ0n) is 11.4. The van der Waals surface area contributed by atoms with Crippen LogP contribution in [0.25, 0.3) is 0 Å². The smallest absolute Gasteiger partial charge is 0.289 e. The van der Waals surface area contributed by atoms with Crippen LogP contribution in [0.4, 0.5) is 0 Å². The van der Waals surface area contributed by atoms with Gasteiger partial charge in [0.25, 0.3) is 5.91 Å². The number of aryl methyl sites for hydroxylation is 1. The number of nitrogens with two attached hydrogens (primary N) is 1. The minimum atomic E-state index is -0.0167. The van der Waals surface area contributed by atoms with Crippen molar-refractivity contribution < 1.29 is 13.9 Å². The SMILES string of the molecule is CCc1ccc(C(=O)N2CCC(OCCN)CC2)o1. The molecule has 0 saturated carbocycles. The van der Waals surface area contributed by atoms with Crippen LogP contribution in [0.2, 0.25) is 0 Å². The number of nitrogens with zero attached hydrogens (tertiary/aromatic N) is 1. The Bertz CT molecular complexity index is 409. The maximum Gasteiger partial charge on any atom is 0.289 e. The molecule has 106 valence electrons. The average Bonchev–Trinajstić information content (AvgIpc) is 2.94. The lowest BCUT2D eigenvalue weighted by Crippen LogP contribution is -2.41. The third-order valence-electron chi connectivity index (χ3n) is 3.42. The summed E-state index contributed by atoms with van der Waals surface area (Å²) < 4.78 is 11.1. The zero-order valence-corrected chi connectivity index (χ0v) is 11.4. The number of carbonyl (C=O) groups excluding carboxylic acids is 1. The molecule has 0 unspecified atom stereocenters. The highest BCUT2D eigenvalue weighted by Crippen LogP contribution is 2.17. The van der Waals surface area contributed by atoms with Gasteiger partial charge in [-0.1, -0.05) is 6.92 Å². The number of hydrogen-bond acceptors (Lipinski definition) is 4. The third-order valence-corrected chi connectivity index (χ3v) is 3.42. The predicted molar refractivity (Wildman–Crippen MR) is 72.0 cm³/mol. The van der Waals surface area contributed by atoms with Crippen LogP contribution in [0, 0.1) is 0 Å². The topological polar surface area (TPSA) is 68.7 Å². The van der Waals surface area contributed by atoms with Gasteiger partial charge in [-0.3, -0.25) is 4.79 Å². The standard InChI is InChI=1S/C14H22N2O3/c1-2-11-3-4-13(19-11)14(17)16-8-5-12(6-9-16)18-10-7-15/h3-4,12H,2,5-10,15H2,1H3. The molecule has 1 aromatic rings. The molecule has 1 saturated heterocycles. The molecular weight excluding hydrogens is 244 g/mol. The molecule has 1 amide bonds. The van der Waals surface area contributed by atoms with E-state index in [1.54, 1.807) is 6.07 Å². The fourth-order valence-corrected chi connectivity index (χ4v) is 2.30. The highest BCUT2D eigenvalue weighted by Gasteiger charge is 2.25. The van der Waals surface area contributed by atoms with Crippen molar-refractivity contribution in [2.45, 2.75) is 32.3 Å². The van der Waals surface area contributed by atoms with Crippen LogP contribution >= 0.6 is 0 Å². The van der Waals surface area contributed by atoms with Crippen molar-refractivity contribution in [3.8, 4) is 0 Å². The van der Waals surface area contributed by atoms with E-state index in [0.717, 1.165) is 38.1 Å². The summed E-state index contributed by atoms with van der Waals surface area (Å²) in [5.41, 5.74) is 5.41. The predicted octanol–water partition coefficient (Wildman–Crippen LogP) is 1.42. The van der Waals surface area contributed by atoms with Gasteiger partial charge in [0.15, 0.2) is 5.76 Å². The van der Waals surface area contributed by atoms with Gasteiger partial charge in [0.2, 0.25) is 0 Å². The molecule has 5 heteroatoms. The molecule has 1 aliphatic rings. The lowest BCUT2D eigenvalue weighted by Gasteiger charge is -2.31. The number of amides is 1. The first-order valence-corrected chi connectivity index (χ1v) is 6.94. The van der Waals surface area contributed by atoms with Crippen molar-refractivity contribution in [2.24, 2.45) is 5.73 Å². The van der Waals surface area contributed by atoms with E-state index in [1.165, 1.54) is 0 Å². The van der Waals surface area contributed by atoms with Crippen molar-refractivity contribution in [1.82, 2.24) is 4.90 Å². The molecule has 0 aromatic carbocycles. The molecule has 19 heavy (non-hydrogen) atoms. The average molecular weight is 266 g/mol. The number of piperidine rings is 1. The Labute approximate surface area is 113 Å². The summed E-state index contributed by atoms with van der Waals surface area (Å²) in [5.74, 6) is 1.28. The summed E-state index contributed by atoms with van der Waals surface area (Å²) in [4.78, 5) is 14.1. The molecule has 2 rings (SSSR count). The second-order valence-corrected chi connectivity index (χ2v) is 4.77. The zero-order chi connectivity index (χ0) is 13.7. The first kappa shape index (κ1) is 14.1. The highest BCUT2D eigenvalue weighted by atomic mass is 16.5. The van der Waals surface area contributed by atoms with E-state index < -0.39 is 0 Å².